The van der Waals surface area contributed by atoms with Crippen LogP contribution in [0.3, 0.4) is 0 Å². The number of halogens is 2. The summed E-state index contributed by atoms with van der Waals surface area (Å²) in [5, 5.41) is 11.3. The first kappa shape index (κ1) is 20.3. The molecule has 0 saturated carbocycles. The van der Waals surface area contributed by atoms with Gasteiger partial charge >= 0.3 is 0 Å². The number of hydrogen-bond donors (Lipinski definition) is 1. The fourth-order valence-electron chi connectivity index (χ4n) is 2.51. The summed E-state index contributed by atoms with van der Waals surface area (Å²) in [6.07, 6.45) is 0. The Hall–Kier alpha value is -3.06. The van der Waals surface area contributed by atoms with Gasteiger partial charge in [0.05, 0.1) is 27.0 Å². The first-order valence-corrected chi connectivity index (χ1v) is 7.82. The number of methoxy groups -OCH3 is 3. The van der Waals surface area contributed by atoms with Gasteiger partial charge in [-0.25, -0.2) is 4.39 Å². The third kappa shape index (κ3) is 4.38. The van der Waals surface area contributed by atoms with E-state index in [1.807, 2.05) is 0 Å². The molecule has 1 aromatic heterocycles. The number of hydrogen-bond acceptors (Lipinski definition) is 6. The third-order valence-corrected chi connectivity index (χ3v) is 3.75. The summed E-state index contributed by atoms with van der Waals surface area (Å²) in [4.78, 5) is 0. The van der Waals surface area contributed by atoms with Gasteiger partial charge in [0.2, 0.25) is 5.75 Å². The van der Waals surface area contributed by atoms with Gasteiger partial charge in [-0.05, 0) is 24.3 Å². The molecule has 0 saturated heterocycles. The van der Waals surface area contributed by atoms with Crippen molar-refractivity contribution in [1.82, 2.24) is 10.2 Å². The lowest BCUT2D eigenvalue weighted by atomic mass is 10.1. The van der Waals surface area contributed by atoms with Crippen LogP contribution in [0.1, 0.15) is 0 Å². The highest BCUT2D eigenvalue weighted by atomic mass is 35.5. The molecule has 0 atom stereocenters. The van der Waals surface area contributed by atoms with E-state index in [2.05, 4.69) is 15.5 Å². The van der Waals surface area contributed by atoms with Gasteiger partial charge in [-0.1, -0.05) is 12.1 Å². The molecule has 0 amide bonds. The molecule has 1 N–H and O–H groups in total. The molecule has 3 aromatic rings. The van der Waals surface area contributed by atoms with Crippen LogP contribution in [0.25, 0.3) is 11.3 Å². The van der Waals surface area contributed by atoms with Crippen molar-refractivity contribution in [2.24, 2.45) is 0 Å². The summed E-state index contributed by atoms with van der Waals surface area (Å²) in [6, 6.07) is 13.4. The second kappa shape index (κ2) is 9.05. The lowest BCUT2D eigenvalue weighted by molar-refractivity contribution is -0.00000668. The molecule has 8 heteroatoms. The monoisotopic (exact) mass is 390 g/mol. The van der Waals surface area contributed by atoms with Gasteiger partial charge in [0.15, 0.2) is 17.3 Å². The molecular formula is C19H18ClFN3O3-. The smallest absolute Gasteiger partial charge is 0.203 e. The van der Waals surface area contributed by atoms with E-state index in [1.165, 1.54) is 6.07 Å². The number of anilines is 2. The van der Waals surface area contributed by atoms with E-state index in [1.54, 1.807) is 63.8 Å². The zero-order chi connectivity index (χ0) is 18.5. The van der Waals surface area contributed by atoms with Crippen LogP contribution in [0, 0.1) is 5.82 Å². The van der Waals surface area contributed by atoms with E-state index in [4.69, 9.17) is 14.2 Å². The second-order valence-electron chi connectivity index (χ2n) is 5.32. The Labute approximate surface area is 162 Å². The summed E-state index contributed by atoms with van der Waals surface area (Å²) in [5.41, 5.74) is 1.55. The molecule has 0 aliphatic carbocycles. The summed E-state index contributed by atoms with van der Waals surface area (Å²) >= 11 is 0. The van der Waals surface area contributed by atoms with Gasteiger partial charge in [0, 0.05) is 23.4 Å². The molecule has 1 heterocycles. The van der Waals surface area contributed by atoms with Crippen LogP contribution >= 0.6 is 0 Å². The Balaban J connectivity index is 0.00000261. The zero-order valence-electron chi connectivity index (χ0n) is 15.0. The maximum absolute atomic E-state index is 13.8. The number of aromatic nitrogens is 2. The molecule has 3 rings (SSSR count). The van der Waals surface area contributed by atoms with Crippen molar-refractivity contribution in [3.8, 4) is 28.5 Å². The van der Waals surface area contributed by atoms with E-state index in [9.17, 15) is 4.39 Å². The van der Waals surface area contributed by atoms with Crippen LogP contribution in [0.5, 0.6) is 17.2 Å². The van der Waals surface area contributed by atoms with Gasteiger partial charge in [-0.3, -0.25) is 0 Å². The van der Waals surface area contributed by atoms with Crippen molar-refractivity contribution in [2.45, 2.75) is 0 Å². The lowest BCUT2D eigenvalue weighted by Gasteiger charge is -2.14. The minimum atomic E-state index is -0.341. The highest BCUT2D eigenvalue weighted by molar-refractivity contribution is 5.67. The highest BCUT2D eigenvalue weighted by Crippen LogP contribution is 2.40. The van der Waals surface area contributed by atoms with Gasteiger partial charge in [0.1, 0.15) is 5.82 Å². The Morgan fingerprint density at radius 2 is 1.52 bits per heavy atom. The Bertz CT molecular complexity index is 882. The summed E-state index contributed by atoms with van der Waals surface area (Å²) in [7, 11) is 4.63. The van der Waals surface area contributed by atoms with Gasteiger partial charge in [0.25, 0.3) is 0 Å². The highest BCUT2D eigenvalue weighted by Gasteiger charge is 2.14. The van der Waals surface area contributed by atoms with Crippen LogP contribution in [0.4, 0.5) is 15.9 Å². The normalized spacial score (nSPS) is 9.93. The largest absolute Gasteiger partial charge is 1.00 e. The van der Waals surface area contributed by atoms with E-state index < -0.39 is 0 Å². The predicted octanol–water partition coefficient (Wildman–Crippen LogP) is 1.06. The number of nitrogens with one attached hydrogen (secondary N) is 1. The fourth-order valence-corrected chi connectivity index (χ4v) is 2.51. The predicted molar refractivity (Wildman–Crippen MR) is 96.8 cm³/mol. The molecule has 27 heavy (non-hydrogen) atoms. The van der Waals surface area contributed by atoms with Crippen LogP contribution in [-0.2, 0) is 0 Å². The SMILES string of the molecule is COc1cc(Nc2ccc(-c3ccccc3F)nn2)cc(OC)c1OC.[Cl-]. The molecule has 2 aromatic carbocycles. The van der Waals surface area contributed by atoms with E-state index in [0.29, 0.717) is 40.0 Å². The molecule has 0 spiro atoms. The van der Waals surface area contributed by atoms with E-state index in [-0.39, 0.29) is 18.2 Å². The zero-order valence-corrected chi connectivity index (χ0v) is 15.7. The maximum Gasteiger partial charge on any atom is 0.203 e. The summed E-state index contributed by atoms with van der Waals surface area (Å²) in [6.45, 7) is 0. The number of ether oxygens (including phenoxy) is 3. The van der Waals surface area contributed by atoms with E-state index in [0.717, 1.165) is 0 Å². The van der Waals surface area contributed by atoms with Gasteiger partial charge in [-0.15, -0.1) is 10.2 Å². The number of nitrogens with zero attached hydrogens (tertiary/aromatic N) is 2. The molecular weight excluding hydrogens is 373 g/mol. The Kier molecular flexibility index (Phi) is 6.79. The number of benzene rings is 2. The molecule has 0 radical (unpaired) electrons. The molecule has 142 valence electrons. The summed E-state index contributed by atoms with van der Waals surface area (Å²) < 4.78 is 29.8. The van der Waals surface area contributed by atoms with Gasteiger partial charge in [-0.2, -0.15) is 0 Å². The molecule has 0 aliphatic rings. The van der Waals surface area contributed by atoms with Crippen molar-refractivity contribution in [1.29, 1.82) is 0 Å². The maximum atomic E-state index is 13.8. The quantitative estimate of drug-likeness (QED) is 0.679. The van der Waals surface area contributed by atoms with Gasteiger partial charge < -0.3 is 31.9 Å². The standard InChI is InChI=1S/C19H18FN3O3.ClH/c1-24-16-10-12(11-17(25-2)19(16)26-3)21-18-9-8-15(22-23-18)13-6-4-5-7-14(13)20;/h4-11H,1-3H3,(H,21,23);1H/p-1. The van der Waals surface area contributed by atoms with Crippen LogP contribution < -0.4 is 31.9 Å². The summed E-state index contributed by atoms with van der Waals surface area (Å²) in [5.74, 6) is 1.70. The van der Waals surface area contributed by atoms with Crippen molar-refractivity contribution in [2.75, 3.05) is 26.6 Å². The van der Waals surface area contributed by atoms with E-state index >= 15 is 0 Å². The van der Waals surface area contributed by atoms with Crippen LogP contribution in [0.15, 0.2) is 48.5 Å². The van der Waals surface area contributed by atoms with Crippen molar-refractivity contribution < 1.29 is 31.0 Å². The molecule has 0 fully saturated rings. The van der Waals surface area contributed by atoms with Crippen LogP contribution in [0.2, 0.25) is 0 Å². The first-order valence-electron chi connectivity index (χ1n) is 7.82. The van der Waals surface area contributed by atoms with Crippen molar-refractivity contribution in [3.05, 3.63) is 54.3 Å². The number of rotatable bonds is 6. The fraction of sp³-hybridized carbons (Fsp3) is 0.158. The molecule has 6 nitrogen and oxygen atoms in total. The van der Waals surface area contributed by atoms with Crippen LogP contribution in [-0.4, -0.2) is 31.5 Å². The van der Waals surface area contributed by atoms with Crippen molar-refractivity contribution in [3.63, 3.8) is 0 Å². The lowest BCUT2D eigenvalue weighted by Crippen LogP contribution is -3.00. The Morgan fingerprint density at radius 1 is 0.852 bits per heavy atom. The minimum absolute atomic E-state index is 0. The molecule has 0 unspecified atom stereocenters. The second-order valence-corrected chi connectivity index (χ2v) is 5.32. The van der Waals surface area contributed by atoms with Crippen molar-refractivity contribution >= 4 is 11.5 Å². The average Bonchev–Trinajstić information content (AvgIpc) is 2.68. The molecule has 0 bridgehead atoms. The first-order chi connectivity index (χ1) is 12.7. The molecule has 0 aliphatic heterocycles. The third-order valence-electron chi connectivity index (χ3n) is 3.75. The topological polar surface area (TPSA) is 65.5 Å². The average molecular weight is 391 g/mol. The minimum Gasteiger partial charge on any atom is -1.00 e. The Morgan fingerprint density at radius 3 is 2.04 bits per heavy atom.